The van der Waals surface area contributed by atoms with E-state index in [1.807, 2.05) is 49.4 Å². The Labute approximate surface area is 166 Å². The van der Waals surface area contributed by atoms with Crippen LogP contribution in [0.3, 0.4) is 0 Å². The minimum absolute atomic E-state index is 0.0775. The van der Waals surface area contributed by atoms with E-state index in [0.29, 0.717) is 24.2 Å². The molecule has 2 aromatic carbocycles. The molecule has 4 N–H and O–H groups in total. The molecule has 28 heavy (non-hydrogen) atoms. The van der Waals surface area contributed by atoms with Crippen molar-refractivity contribution in [1.29, 1.82) is 0 Å². The van der Waals surface area contributed by atoms with Gasteiger partial charge in [-0.1, -0.05) is 48.9 Å². The molecule has 0 radical (unpaired) electrons. The summed E-state index contributed by atoms with van der Waals surface area (Å²) in [6, 6.07) is 15.7. The quantitative estimate of drug-likeness (QED) is 0.689. The molecule has 1 aliphatic rings. The fraction of sp³-hybridized carbons (Fsp3) is 0.391. The van der Waals surface area contributed by atoms with E-state index in [4.69, 9.17) is 5.73 Å². The monoisotopic (exact) mass is 379 g/mol. The van der Waals surface area contributed by atoms with Gasteiger partial charge in [-0.05, 0) is 49.3 Å². The number of nitrogens with one attached hydrogen (secondary N) is 2. The third-order valence-electron chi connectivity index (χ3n) is 5.48. The van der Waals surface area contributed by atoms with Crippen molar-refractivity contribution in [3.8, 4) is 0 Å². The van der Waals surface area contributed by atoms with Gasteiger partial charge in [0.1, 0.15) is 0 Å². The SMILES string of the molecule is Cc1cccc(NC(=O)C[C@@H]2CCC[C@H]2N)c1C(=O)NCCc1ccccc1. The minimum Gasteiger partial charge on any atom is -0.352 e. The molecular formula is C23H29N3O2. The highest BCUT2D eigenvalue weighted by Crippen LogP contribution is 2.28. The molecule has 2 aromatic rings. The Morgan fingerprint density at radius 2 is 1.86 bits per heavy atom. The normalized spacial score (nSPS) is 18.6. The molecule has 1 aliphatic carbocycles. The average molecular weight is 380 g/mol. The highest BCUT2D eigenvalue weighted by atomic mass is 16.2. The van der Waals surface area contributed by atoms with Gasteiger partial charge in [0.15, 0.2) is 0 Å². The second kappa shape index (κ2) is 9.51. The van der Waals surface area contributed by atoms with Gasteiger partial charge in [0.25, 0.3) is 5.91 Å². The third-order valence-corrected chi connectivity index (χ3v) is 5.48. The average Bonchev–Trinajstić information content (AvgIpc) is 3.07. The lowest BCUT2D eigenvalue weighted by atomic mass is 9.99. The smallest absolute Gasteiger partial charge is 0.253 e. The van der Waals surface area contributed by atoms with E-state index in [0.717, 1.165) is 31.2 Å². The van der Waals surface area contributed by atoms with Crippen molar-refractivity contribution in [2.45, 2.75) is 45.1 Å². The van der Waals surface area contributed by atoms with Crippen molar-refractivity contribution in [3.63, 3.8) is 0 Å². The Balaban J connectivity index is 1.62. The number of benzene rings is 2. The number of rotatable bonds is 7. The summed E-state index contributed by atoms with van der Waals surface area (Å²) in [5.41, 5.74) is 9.19. The molecule has 0 aromatic heterocycles. The van der Waals surface area contributed by atoms with Crippen LogP contribution in [0.25, 0.3) is 0 Å². The predicted molar refractivity (Wildman–Crippen MR) is 112 cm³/mol. The Kier molecular flexibility index (Phi) is 6.82. The highest BCUT2D eigenvalue weighted by Gasteiger charge is 2.26. The van der Waals surface area contributed by atoms with E-state index in [-0.39, 0.29) is 23.8 Å². The van der Waals surface area contributed by atoms with Crippen LogP contribution in [0, 0.1) is 12.8 Å². The fourth-order valence-electron chi connectivity index (χ4n) is 3.89. The lowest BCUT2D eigenvalue weighted by molar-refractivity contribution is -0.117. The predicted octanol–water partition coefficient (Wildman–Crippen LogP) is 3.42. The number of nitrogens with two attached hydrogens (primary N) is 1. The number of anilines is 1. The van der Waals surface area contributed by atoms with Gasteiger partial charge in [-0.2, -0.15) is 0 Å². The number of hydrogen-bond acceptors (Lipinski definition) is 3. The fourth-order valence-corrected chi connectivity index (χ4v) is 3.89. The van der Waals surface area contributed by atoms with Gasteiger partial charge in [-0.15, -0.1) is 0 Å². The molecule has 2 atom stereocenters. The van der Waals surface area contributed by atoms with E-state index in [2.05, 4.69) is 10.6 Å². The van der Waals surface area contributed by atoms with Gasteiger partial charge in [-0.25, -0.2) is 0 Å². The first-order chi connectivity index (χ1) is 13.5. The summed E-state index contributed by atoms with van der Waals surface area (Å²) >= 11 is 0. The van der Waals surface area contributed by atoms with E-state index >= 15 is 0 Å². The van der Waals surface area contributed by atoms with E-state index in [1.54, 1.807) is 6.07 Å². The van der Waals surface area contributed by atoms with Crippen LogP contribution in [0.4, 0.5) is 5.69 Å². The van der Waals surface area contributed by atoms with E-state index in [9.17, 15) is 9.59 Å². The third kappa shape index (κ3) is 5.20. The number of amides is 2. The zero-order chi connectivity index (χ0) is 19.9. The van der Waals surface area contributed by atoms with Crippen LogP contribution in [-0.4, -0.2) is 24.4 Å². The molecule has 1 saturated carbocycles. The van der Waals surface area contributed by atoms with Crippen molar-refractivity contribution < 1.29 is 9.59 Å². The number of aryl methyl sites for hydroxylation is 1. The van der Waals surface area contributed by atoms with Crippen LogP contribution in [0.1, 0.15) is 47.2 Å². The van der Waals surface area contributed by atoms with E-state index in [1.165, 1.54) is 5.56 Å². The summed E-state index contributed by atoms with van der Waals surface area (Å²) in [6.07, 6.45) is 4.23. The number of carbonyl (C=O) groups excluding carboxylic acids is 2. The summed E-state index contributed by atoms with van der Waals surface area (Å²) < 4.78 is 0. The molecule has 0 saturated heterocycles. The maximum absolute atomic E-state index is 12.8. The molecule has 5 nitrogen and oxygen atoms in total. The zero-order valence-corrected chi connectivity index (χ0v) is 16.4. The Morgan fingerprint density at radius 3 is 2.57 bits per heavy atom. The second-order valence-electron chi connectivity index (χ2n) is 7.60. The van der Waals surface area contributed by atoms with Crippen molar-refractivity contribution in [1.82, 2.24) is 5.32 Å². The van der Waals surface area contributed by atoms with Crippen LogP contribution < -0.4 is 16.4 Å². The van der Waals surface area contributed by atoms with Crippen molar-refractivity contribution in [2.75, 3.05) is 11.9 Å². The van der Waals surface area contributed by atoms with Crippen LogP contribution >= 0.6 is 0 Å². The van der Waals surface area contributed by atoms with Gasteiger partial charge < -0.3 is 16.4 Å². The van der Waals surface area contributed by atoms with Crippen LogP contribution in [0.2, 0.25) is 0 Å². The lowest BCUT2D eigenvalue weighted by Gasteiger charge is -2.17. The molecule has 0 heterocycles. The summed E-state index contributed by atoms with van der Waals surface area (Å²) in [5.74, 6) is -0.0128. The molecule has 0 bridgehead atoms. The summed E-state index contributed by atoms with van der Waals surface area (Å²) in [6.45, 7) is 2.43. The molecule has 2 amide bonds. The molecular weight excluding hydrogens is 350 g/mol. The van der Waals surface area contributed by atoms with Crippen molar-refractivity contribution in [2.24, 2.45) is 11.7 Å². The highest BCUT2D eigenvalue weighted by molar-refractivity contribution is 6.04. The van der Waals surface area contributed by atoms with Crippen LogP contribution in [0.5, 0.6) is 0 Å². The van der Waals surface area contributed by atoms with Crippen molar-refractivity contribution in [3.05, 3.63) is 65.2 Å². The largest absolute Gasteiger partial charge is 0.352 e. The Bertz CT molecular complexity index is 820. The maximum Gasteiger partial charge on any atom is 0.253 e. The standard InChI is InChI=1S/C23H29N3O2/c1-16-7-5-12-20(26-21(27)15-18-10-6-11-19(18)24)22(16)23(28)25-14-13-17-8-3-2-4-9-17/h2-5,7-9,12,18-19H,6,10-11,13-15,24H2,1H3,(H,25,28)(H,26,27)/t18-,19+/m0/s1. The topological polar surface area (TPSA) is 84.2 Å². The first-order valence-corrected chi connectivity index (χ1v) is 10.0. The zero-order valence-electron chi connectivity index (χ0n) is 16.4. The van der Waals surface area contributed by atoms with Gasteiger partial charge in [-0.3, -0.25) is 9.59 Å². The first kappa shape index (κ1) is 20.1. The van der Waals surface area contributed by atoms with E-state index < -0.39 is 0 Å². The molecule has 0 aliphatic heterocycles. The minimum atomic E-state index is -0.165. The van der Waals surface area contributed by atoms with Gasteiger partial charge in [0.05, 0.1) is 11.3 Å². The Hall–Kier alpha value is -2.66. The molecule has 148 valence electrons. The lowest BCUT2D eigenvalue weighted by Crippen LogP contribution is -2.30. The van der Waals surface area contributed by atoms with Crippen LogP contribution in [-0.2, 0) is 11.2 Å². The Morgan fingerprint density at radius 1 is 1.07 bits per heavy atom. The maximum atomic E-state index is 12.8. The van der Waals surface area contributed by atoms with Crippen LogP contribution in [0.15, 0.2) is 48.5 Å². The number of hydrogen-bond donors (Lipinski definition) is 3. The van der Waals surface area contributed by atoms with Gasteiger partial charge >= 0.3 is 0 Å². The number of carbonyl (C=O) groups is 2. The summed E-state index contributed by atoms with van der Waals surface area (Å²) in [5, 5.41) is 5.90. The van der Waals surface area contributed by atoms with Crippen molar-refractivity contribution >= 4 is 17.5 Å². The molecule has 5 heteroatoms. The first-order valence-electron chi connectivity index (χ1n) is 10.0. The summed E-state index contributed by atoms with van der Waals surface area (Å²) in [7, 11) is 0. The molecule has 1 fully saturated rings. The van der Waals surface area contributed by atoms with Gasteiger partial charge in [0, 0.05) is 19.0 Å². The second-order valence-corrected chi connectivity index (χ2v) is 7.60. The van der Waals surface area contributed by atoms with Gasteiger partial charge in [0.2, 0.25) is 5.91 Å². The molecule has 0 spiro atoms. The molecule has 3 rings (SSSR count). The summed E-state index contributed by atoms with van der Waals surface area (Å²) in [4.78, 5) is 25.3. The molecule has 0 unspecified atom stereocenters.